The van der Waals surface area contributed by atoms with Crippen molar-refractivity contribution < 1.29 is 62.5 Å². The third kappa shape index (κ3) is 3.61. The zero-order valence-corrected chi connectivity index (χ0v) is 18.1. The summed E-state index contributed by atoms with van der Waals surface area (Å²) in [4.78, 5) is 36.9. The van der Waals surface area contributed by atoms with E-state index in [0.29, 0.717) is 0 Å². The van der Waals surface area contributed by atoms with Gasteiger partial charge in [-0.15, -0.1) is 0 Å². The van der Waals surface area contributed by atoms with E-state index in [2.05, 4.69) is 0 Å². The number of carbonyl (C=O) groups excluding carboxylic acids is 2. The molecule has 6 fully saturated rings. The standard InChI is InChI=1S/C21H26O13/c22-10-4-30-14-8(2-27-16(10)14)20(25)34-12-6-32-15-9(3-29-18(12)15)21(26)33-11-5-31-13-7(19(23)24)1-28-17(11)13/h7-18,22H,1-6H2,(H,23,24)/t7-,8-,9-,10+,11+,12+,13+,14+,15+,16+,17+,18+/m0/s1. The van der Waals surface area contributed by atoms with Crippen LogP contribution in [0.5, 0.6) is 0 Å². The Morgan fingerprint density at radius 2 is 0.971 bits per heavy atom. The zero-order chi connectivity index (χ0) is 23.6. The number of esters is 2. The number of fused-ring (bicyclic) bond motifs is 3. The van der Waals surface area contributed by atoms with Crippen molar-refractivity contribution in [1.82, 2.24) is 0 Å². The average Bonchev–Trinajstić information content (AvgIpc) is 3.60. The first kappa shape index (κ1) is 22.6. The first-order chi connectivity index (χ1) is 16.4. The van der Waals surface area contributed by atoms with Crippen molar-refractivity contribution in [2.24, 2.45) is 17.8 Å². The van der Waals surface area contributed by atoms with Crippen LogP contribution in [0.15, 0.2) is 0 Å². The predicted molar refractivity (Wildman–Crippen MR) is 102 cm³/mol. The number of ether oxygens (including phenoxy) is 8. The smallest absolute Gasteiger partial charge is 0.314 e. The second-order valence-corrected chi connectivity index (χ2v) is 9.46. The summed E-state index contributed by atoms with van der Waals surface area (Å²) < 4.78 is 44.7. The van der Waals surface area contributed by atoms with E-state index in [0.717, 1.165) is 0 Å². The fourth-order valence-corrected chi connectivity index (χ4v) is 5.70. The third-order valence-corrected chi connectivity index (χ3v) is 7.50. The third-order valence-electron chi connectivity index (χ3n) is 7.50. The van der Waals surface area contributed by atoms with Crippen LogP contribution in [-0.4, -0.2) is 123 Å². The van der Waals surface area contributed by atoms with Crippen molar-refractivity contribution in [3.05, 3.63) is 0 Å². The van der Waals surface area contributed by atoms with Crippen LogP contribution in [0.3, 0.4) is 0 Å². The van der Waals surface area contributed by atoms with E-state index >= 15 is 0 Å². The van der Waals surface area contributed by atoms with Gasteiger partial charge in [-0.05, 0) is 0 Å². The molecule has 0 saturated carbocycles. The summed E-state index contributed by atoms with van der Waals surface area (Å²) in [5, 5.41) is 19.1. The topological polar surface area (TPSA) is 166 Å². The molecule has 6 saturated heterocycles. The zero-order valence-electron chi connectivity index (χ0n) is 18.1. The normalized spacial score (nSPS) is 49.0. The second-order valence-electron chi connectivity index (χ2n) is 9.46. The number of carboxylic acids is 1. The molecule has 6 aliphatic rings. The lowest BCUT2D eigenvalue weighted by molar-refractivity contribution is -0.164. The van der Waals surface area contributed by atoms with Gasteiger partial charge in [0.15, 0.2) is 12.2 Å². The van der Waals surface area contributed by atoms with Gasteiger partial charge in [0.05, 0.1) is 39.6 Å². The highest BCUT2D eigenvalue weighted by Crippen LogP contribution is 2.38. The van der Waals surface area contributed by atoms with Gasteiger partial charge in [-0.25, -0.2) is 0 Å². The number of hydrogen-bond donors (Lipinski definition) is 2. The van der Waals surface area contributed by atoms with Crippen LogP contribution in [0.4, 0.5) is 0 Å². The monoisotopic (exact) mass is 486 g/mol. The van der Waals surface area contributed by atoms with Gasteiger partial charge >= 0.3 is 17.9 Å². The van der Waals surface area contributed by atoms with E-state index in [1.807, 2.05) is 0 Å². The van der Waals surface area contributed by atoms with Crippen LogP contribution >= 0.6 is 0 Å². The van der Waals surface area contributed by atoms with Crippen molar-refractivity contribution in [3.8, 4) is 0 Å². The Kier molecular flexibility index (Phi) is 5.75. The van der Waals surface area contributed by atoms with Crippen molar-refractivity contribution >= 4 is 17.9 Å². The molecule has 13 heteroatoms. The molecule has 34 heavy (non-hydrogen) atoms. The molecular formula is C21H26O13. The van der Waals surface area contributed by atoms with Crippen LogP contribution in [0.1, 0.15) is 0 Å². The van der Waals surface area contributed by atoms with Crippen molar-refractivity contribution in [2.45, 2.75) is 54.9 Å². The number of hydrogen-bond acceptors (Lipinski definition) is 12. The molecule has 0 amide bonds. The quantitative estimate of drug-likeness (QED) is 0.392. The molecule has 6 aliphatic heterocycles. The second kappa shape index (κ2) is 8.66. The van der Waals surface area contributed by atoms with E-state index < -0.39 is 90.6 Å². The predicted octanol–water partition coefficient (Wildman–Crippen LogP) is -2.50. The number of rotatable bonds is 5. The Labute approximate surface area is 193 Å². The maximum atomic E-state index is 12.9. The molecule has 0 radical (unpaired) electrons. The first-order valence-corrected chi connectivity index (χ1v) is 11.4. The largest absolute Gasteiger partial charge is 0.481 e. The Morgan fingerprint density at radius 3 is 1.53 bits per heavy atom. The van der Waals surface area contributed by atoms with Crippen LogP contribution in [-0.2, 0) is 52.3 Å². The minimum Gasteiger partial charge on any atom is -0.481 e. The van der Waals surface area contributed by atoms with Crippen molar-refractivity contribution in [3.63, 3.8) is 0 Å². The Balaban J connectivity index is 1.03. The van der Waals surface area contributed by atoms with Gasteiger partial charge in [-0.3, -0.25) is 14.4 Å². The molecule has 0 aliphatic carbocycles. The van der Waals surface area contributed by atoms with Gasteiger partial charge in [0.2, 0.25) is 0 Å². The van der Waals surface area contributed by atoms with E-state index in [1.165, 1.54) is 0 Å². The summed E-state index contributed by atoms with van der Waals surface area (Å²) in [5.74, 6) is -4.26. The van der Waals surface area contributed by atoms with Gasteiger partial charge in [0, 0.05) is 0 Å². The molecule has 0 aromatic carbocycles. The molecule has 0 aromatic heterocycles. The van der Waals surface area contributed by atoms with Crippen LogP contribution in [0.2, 0.25) is 0 Å². The van der Waals surface area contributed by atoms with Gasteiger partial charge < -0.3 is 48.1 Å². The number of aliphatic hydroxyl groups excluding tert-OH is 1. The highest BCUT2D eigenvalue weighted by Gasteiger charge is 2.57. The highest BCUT2D eigenvalue weighted by atomic mass is 16.7. The highest BCUT2D eigenvalue weighted by molar-refractivity contribution is 5.75. The summed E-state index contributed by atoms with van der Waals surface area (Å²) in [6.45, 7) is 0.365. The number of aliphatic carboxylic acids is 1. The fraction of sp³-hybridized carbons (Fsp3) is 0.857. The van der Waals surface area contributed by atoms with Crippen LogP contribution in [0.25, 0.3) is 0 Å². The first-order valence-electron chi connectivity index (χ1n) is 11.4. The minimum atomic E-state index is -1.01. The Bertz CT molecular complexity index is 849. The molecule has 2 N–H and O–H groups in total. The van der Waals surface area contributed by atoms with Gasteiger partial charge in [-0.2, -0.15) is 0 Å². The molecular weight excluding hydrogens is 460 g/mol. The lowest BCUT2D eigenvalue weighted by Gasteiger charge is -2.21. The van der Waals surface area contributed by atoms with E-state index in [-0.39, 0.29) is 39.6 Å². The average molecular weight is 486 g/mol. The number of carbonyl (C=O) groups is 3. The molecule has 13 nitrogen and oxygen atoms in total. The maximum absolute atomic E-state index is 12.9. The lowest BCUT2D eigenvalue weighted by atomic mass is 9.99. The molecule has 0 bridgehead atoms. The molecule has 6 heterocycles. The van der Waals surface area contributed by atoms with Crippen LogP contribution in [0, 0.1) is 17.8 Å². The molecule has 188 valence electrons. The molecule has 12 atom stereocenters. The van der Waals surface area contributed by atoms with Crippen molar-refractivity contribution in [2.75, 3.05) is 39.6 Å². The minimum absolute atomic E-state index is 0.00372. The molecule has 0 aromatic rings. The molecule has 0 unspecified atom stereocenters. The van der Waals surface area contributed by atoms with Gasteiger partial charge in [-0.1, -0.05) is 0 Å². The molecule has 0 spiro atoms. The summed E-state index contributed by atoms with van der Waals surface area (Å²) in [6.07, 6.45) is -5.82. The number of carboxylic acid groups (broad SMARTS) is 1. The number of aliphatic hydroxyl groups is 1. The van der Waals surface area contributed by atoms with Gasteiger partial charge in [0.25, 0.3) is 0 Å². The Morgan fingerprint density at radius 1 is 0.559 bits per heavy atom. The molecule has 6 rings (SSSR count). The van der Waals surface area contributed by atoms with Gasteiger partial charge in [0.1, 0.15) is 60.5 Å². The maximum Gasteiger partial charge on any atom is 0.314 e. The Hall–Kier alpha value is -1.87. The van der Waals surface area contributed by atoms with Crippen molar-refractivity contribution in [1.29, 1.82) is 0 Å². The SMILES string of the molecule is O=C(O[C@@H]1CO[C@H]2[C@@H]1OC[C@@H]2C(=O)O[C@@H]1CO[C@H]2[C@@H]1OC[C@@H]2C(=O)O)[C@H]1CO[C@H]2[C@@H]1OC[C@H]2O. The summed E-state index contributed by atoms with van der Waals surface area (Å²) in [7, 11) is 0. The lowest BCUT2D eigenvalue weighted by Crippen LogP contribution is -2.40. The summed E-state index contributed by atoms with van der Waals surface area (Å²) >= 11 is 0. The fourth-order valence-electron chi connectivity index (χ4n) is 5.70. The van der Waals surface area contributed by atoms with E-state index in [9.17, 15) is 24.6 Å². The van der Waals surface area contributed by atoms with E-state index in [4.69, 9.17) is 37.9 Å². The summed E-state index contributed by atoms with van der Waals surface area (Å²) in [6, 6.07) is 0. The summed E-state index contributed by atoms with van der Waals surface area (Å²) in [5.41, 5.74) is 0. The van der Waals surface area contributed by atoms with E-state index in [1.54, 1.807) is 0 Å². The van der Waals surface area contributed by atoms with Crippen LogP contribution < -0.4 is 0 Å².